The summed E-state index contributed by atoms with van der Waals surface area (Å²) in [5.74, 6) is 1.08. The Morgan fingerprint density at radius 1 is 1.29 bits per heavy atom. The number of H-pyrrole nitrogens is 1. The number of piperidine rings is 1. The van der Waals surface area contributed by atoms with Crippen molar-refractivity contribution in [3.05, 3.63) is 48.8 Å². The van der Waals surface area contributed by atoms with E-state index in [2.05, 4.69) is 26.9 Å². The number of aromatic nitrogens is 6. The molecule has 0 radical (unpaired) electrons. The van der Waals surface area contributed by atoms with Crippen LogP contribution in [0.3, 0.4) is 0 Å². The van der Waals surface area contributed by atoms with Crippen LogP contribution in [0.1, 0.15) is 44.2 Å². The molecule has 0 aromatic carbocycles. The molecule has 4 N–H and O–H groups in total. The smallest absolute Gasteiger partial charge is 0.248 e. The molecule has 174 valence electrons. The molecule has 2 saturated heterocycles. The minimum atomic E-state index is -0.445. The van der Waals surface area contributed by atoms with Crippen molar-refractivity contribution in [2.24, 2.45) is 0 Å². The number of hydrogen-bond acceptors (Lipinski definition) is 7. The van der Waals surface area contributed by atoms with Crippen LogP contribution in [0.2, 0.25) is 0 Å². The minimum absolute atomic E-state index is 0.114. The summed E-state index contributed by atoms with van der Waals surface area (Å²) in [5, 5.41) is 9.45. The summed E-state index contributed by atoms with van der Waals surface area (Å²) in [5.41, 5.74) is 10.1. The average molecular weight is 459 g/mol. The third-order valence-corrected chi connectivity index (χ3v) is 7.36. The lowest BCUT2D eigenvalue weighted by molar-refractivity contribution is -0.143. The van der Waals surface area contributed by atoms with Gasteiger partial charge in [-0.2, -0.15) is 0 Å². The van der Waals surface area contributed by atoms with Crippen molar-refractivity contribution in [1.29, 1.82) is 0 Å². The number of carbonyl (C=O) groups excluding carboxylic acids is 1. The molecule has 0 aliphatic carbocycles. The third-order valence-electron chi connectivity index (χ3n) is 7.36. The summed E-state index contributed by atoms with van der Waals surface area (Å²) in [6.07, 6.45) is 12.5. The van der Waals surface area contributed by atoms with Crippen molar-refractivity contribution in [2.75, 3.05) is 12.3 Å². The SMILES string of the molecule is C[C@@]12CC[C@@H](C[C@H](c3cn4c(-c5ccc(-c6ncc[nH]6)nc5)cnc4c(N)n3)C1)N2C(=O)CO. The zero-order valence-corrected chi connectivity index (χ0v) is 18.8. The monoisotopic (exact) mass is 458 g/mol. The first-order chi connectivity index (χ1) is 16.5. The van der Waals surface area contributed by atoms with E-state index in [0.29, 0.717) is 11.5 Å². The molecule has 0 unspecified atom stereocenters. The van der Waals surface area contributed by atoms with Gasteiger partial charge in [-0.15, -0.1) is 0 Å². The molecule has 4 aromatic rings. The molecule has 2 aliphatic heterocycles. The standard InChI is InChI=1S/C24H26N8O2/c1-24-5-4-16(32(24)20(34)13-33)8-15(9-24)18-12-31-19(11-29-23(31)21(25)30-18)14-2-3-17(28-10-14)22-26-6-7-27-22/h2-3,6-7,10-12,15-16,33H,4-5,8-9,13H2,1H3,(H2,25,30)(H,26,27)/t15-,16-,24+/m0/s1. The number of nitrogen functional groups attached to an aromatic ring is 1. The van der Waals surface area contributed by atoms with E-state index >= 15 is 0 Å². The van der Waals surface area contributed by atoms with Gasteiger partial charge >= 0.3 is 0 Å². The molecule has 1 amide bonds. The normalized spacial score (nSPS) is 24.1. The fourth-order valence-corrected chi connectivity index (χ4v) is 5.87. The zero-order chi connectivity index (χ0) is 23.4. The van der Waals surface area contributed by atoms with Gasteiger partial charge in [0, 0.05) is 47.8 Å². The molecule has 6 heterocycles. The van der Waals surface area contributed by atoms with E-state index in [0.717, 1.165) is 54.2 Å². The second-order valence-corrected chi connectivity index (χ2v) is 9.51. The number of fused-ring (bicyclic) bond motifs is 3. The van der Waals surface area contributed by atoms with Gasteiger partial charge in [-0.3, -0.25) is 14.2 Å². The number of rotatable bonds is 4. The van der Waals surface area contributed by atoms with Crippen molar-refractivity contribution < 1.29 is 9.90 Å². The van der Waals surface area contributed by atoms with Crippen LogP contribution in [0.25, 0.3) is 28.4 Å². The maximum atomic E-state index is 12.4. The predicted molar refractivity (Wildman–Crippen MR) is 126 cm³/mol. The maximum absolute atomic E-state index is 12.4. The van der Waals surface area contributed by atoms with Crippen LogP contribution in [0, 0.1) is 0 Å². The van der Waals surface area contributed by atoms with Gasteiger partial charge in [0.1, 0.15) is 12.3 Å². The van der Waals surface area contributed by atoms with Crippen LogP contribution in [-0.4, -0.2) is 63.4 Å². The van der Waals surface area contributed by atoms with Crippen LogP contribution in [0.5, 0.6) is 0 Å². The van der Waals surface area contributed by atoms with E-state index < -0.39 is 6.61 Å². The summed E-state index contributed by atoms with van der Waals surface area (Å²) in [4.78, 5) is 35.4. The lowest BCUT2D eigenvalue weighted by Gasteiger charge is -2.45. The molecular weight excluding hydrogens is 432 g/mol. The van der Waals surface area contributed by atoms with Gasteiger partial charge in [-0.05, 0) is 44.7 Å². The Labute approximate surface area is 195 Å². The molecule has 10 heteroatoms. The molecule has 6 rings (SSSR count). The van der Waals surface area contributed by atoms with Gasteiger partial charge in [-0.1, -0.05) is 0 Å². The molecule has 2 fully saturated rings. The van der Waals surface area contributed by atoms with Gasteiger partial charge in [0.05, 0.1) is 17.6 Å². The first-order valence-corrected chi connectivity index (χ1v) is 11.5. The number of amides is 1. The van der Waals surface area contributed by atoms with E-state index in [1.165, 1.54) is 0 Å². The number of nitrogens with zero attached hydrogens (tertiary/aromatic N) is 6. The Bertz CT molecular complexity index is 1360. The van der Waals surface area contributed by atoms with Crippen molar-refractivity contribution >= 4 is 17.4 Å². The fourth-order valence-electron chi connectivity index (χ4n) is 5.87. The van der Waals surface area contributed by atoms with Crippen molar-refractivity contribution in [3.8, 4) is 22.8 Å². The van der Waals surface area contributed by atoms with E-state index in [1.807, 2.05) is 27.6 Å². The van der Waals surface area contributed by atoms with Crippen LogP contribution >= 0.6 is 0 Å². The molecular formula is C24H26N8O2. The Morgan fingerprint density at radius 2 is 2.18 bits per heavy atom. The van der Waals surface area contributed by atoms with Gasteiger partial charge in [0.25, 0.3) is 0 Å². The highest BCUT2D eigenvalue weighted by Crippen LogP contribution is 2.49. The number of nitrogens with two attached hydrogens (primary N) is 1. The van der Waals surface area contributed by atoms with Gasteiger partial charge in [-0.25, -0.2) is 15.0 Å². The highest BCUT2D eigenvalue weighted by molar-refractivity contribution is 5.79. The minimum Gasteiger partial charge on any atom is -0.387 e. The average Bonchev–Trinajstić information content (AvgIpc) is 3.56. The van der Waals surface area contributed by atoms with Crippen LogP contribution in [-0.2, 0) is 4.79 Å². The Morgan fingerprint density at radius 3 is 2.88 bits per heavy atom. The number of aliphatic hydroxyl groups is 1. The summed E-state index contributed by atoms with van der Waals surface area (Å²) in [7, 11) is 0. The fraction of sp³-hybridized carbons (Fsp3) is 0.375. The molecule has 10 nitrogen and oxygen atoms in total. The number of carbonyl (C=O) groups is 1. The third kappa shape index (κ3) is 3.17. The molecule has 0 spiro atoms. The Kier molecular flexibility index (Phi) is 4.66. The molecule has 2 bridgehead atoms. The van der Waals surface area contributed by atoms with Crippen LogP contribution < -0.4 is 5.73 Å². The van der Waals surface area contributed by atoms with E-state index in [9.17, 15) is 9.90 Å². The number of nitrogens with one attached hydrogen (secondary N) is 1. The summed E-state index contributed by atoms with van der Waals surface area (Å²) >= 11 is 0. The van der Waals surface area contributed by atoms with Gasteiger partial charge in [0.2, 0.25) is 5.91 Å². The Balaban J connectivity index is 1.35. The van der Waals surface area contributed by atoms with Crippen molar-refractivity contribution in [1.82, 2.24) is 34.2 Å². The van der Waals surface area contributed by atoms with Gasteiger partial charge < -0.3 is 20.7 Å². The molecule has 4 aromatic heterocycles. The maximum Gasteiger partial charge on any atom is 0.248 e. The highest BCUT2D eigenvalue weighted by Gasteiger charge is 2.51. The number of anilines is 1. The number of hydrogen-bond donors (Lipinski definition) is 3. The molecule has 0 saturated carbocycles. The first-order valence-electron chi connectivity index (χ1n) is 11.5. The lowest BCUT2D eigenvalue weighted by atomic mass is 9.81. The molecule has 34 heavy (non-hydrogen) atoms. The number of pyridine rings is 1. The zero-order valence-electron chi connectivity index (χ0n) is 18.8. The number of aromatic amines is 1. The predicted octanol–water partition coefficient (Wildman–Crippen LogP) is 2.38. The van der Waals surface area contributed by atoms with Crippen molar-refractivity contribution in [3.63, 3.8) is 0 Å². The van der Waals surface area contributed by atoms with Crippen molar-refractivity contribution in [2.45, 2.75) is 50.1 Å². The second kappa shape index (κ2) is 7.63. The quantitative estimate of drug-likeness (QED) is 0.427. The van der Waals surface area contributed by atoms with Crippen LogP contribution in [0.15, 0.2) is 43.1 Å². The van der Waals surface area contributed by atoms with E-state index in [4.69, 9.17) is 10.7 Å². The molecule has 3 atom stereocenters. The van der Waals surface area contributed by atoms with Gasteiger partial charge in [0.15, 0.2) is 17.3 Å². The summed E-state index contributed by atoms with van der Waals surface area (Å²) in [6, 6.07) is 4.03. The lowest BCUT2D eigenvalue weighted by Crippen LogP contribution is -2.54. The molecule has 2 aliphatic rings. The van der Waals surface area contributed by atoms with E-state index in [-0.39, 0.29) is 23.4 Å². The summed E-state index contributed by atoms with van der Waals surface area (Å²) < 4.78 is 1.98. The summed E-state index contributed by atoms with van der Waals surface area (Å²) in [6.45, 7) is 1.67. The Hall–Kier alpha value is -3.79. The number of aliphatic hydroxyl groups excluding tert-OH is 1. The number of imidazole rings is 2. The second-order valence-electron chi connectivity index (χ2n) is 9.51. The largest absolute Gasteiger partial charge is 0.387 e. The van der Waals surface area contributed by atoms with E-state index in [1.54, 1.807) is 24.8 Å². The highest BCUT2D eigenvalue weighted by atomic mass is 16.3. The topological polar surface area (TPSA) is 138 Å². The first kappa shape index (κ1) is 20.8. The van der Waals surface area contributed by atoms with Crippen LogP contribution in [0.4, 0.5) is 5.82 Å².